The average Bonchev–Trinajstić information content (AvgIpc) is 2.91. The van der Waals surface area contributed by atoms with Crippen LogP contribution in [0.3, 0.4) is 0 Å². The van der Waals surface area contributed by atoms with Gasteiger partial charge >= 0.3 is 0 Å². The maximum absolute atomic E-state index is 10.4. The minimum atomic E-state index is -0.626. The van der Waals surface area contributed by atoms with Crippen LogP contribution in [0.1, 0.15) is 18.9 Å². The number of nitrogens with zero attached hydrogens (tertiary/aromatic N) is 2. The largest absolute Gasteiger partial charge is 0.387 e. The Morgan fingerprint density at radius 3 is 2.73 bits per heavy atom. The number of benzene rings is 1. The summed E-state index contributed by atoms with van der Waals surface area (Å²) in [6.45, 7) is 4.17. The molecular formula is C16H26IN3OS. The molecule has 2 N–H and O–H groups in total. The number of aliphatic hydroxyl groups is 1. The van der Waals surface area contributed by atoms with E-state index in [1.165, 1.54) is 5.56 Å². The summed E-state index contributed by atoms with van der Waals surface area (Å²) in [7, 11) is 2.03. The molecule has 2 rings (SSSR count). The highest BCUT2D eigenvalue weighted by Crippen LogP contribution is 2.27. The molecule has 1 fully saturated rings. The molecular weight excluding hydrogens is 409 g/mol. The highest BCUT2D eigenvalue weighted by molar-refractivity contribution is 14.0. The monoisotopic (exact) mass is 435 g/mol. The zero-order chi connectivity index (χ0) is 15.1. The van der Waals surface area contributed by atoms with Gasteiger partial charge in [0.05, 0.1) is 12.1 Å². The third kappa shape index (κ3) is 5.96. The van der Waals surface area contributed by atoms with Crippen LogP contribution in [0.4, 0.5) is 0 Å². The van der Waals surface area contributed by atoms with Gasteiger partial charge in [0.15, 0.2) is 5.96 Å². The standard InChI is InChI=1S/C16H25N3OS.HI/c1-3-17-15(18-12-16(20)9-10-21-13-16)19(2)11-14-7-5-4-6-8-14;/h4-8,20H,3,9-13H2,1-2H3,(H,17,18);1H. The van der Waals surface area contributed by atoms with Crippen molar-refractivity contribution in [3.8, 4) is 0 Å². The van der Waals surface area contributed by atoms with Crippen molar-refractivity contribution in [2.45, 2.75) is 25.5 Å². The molecule has 0 radical (unpaired) electrons. The molecule has 1 saturated heterocycles. The number of thioether (sulfide) groups is 1. The molecule has 1 heterocycles. The summed E-state index contributed by atoms with van der Waals surface area (Å²) in [6.07, 6.45) is 0.836. The number of guanidine groups is 1. The van der Waals surface area contributed by atoms with Crippen LogP contribution in [-0.2, 0) is 6.54 Å². The normalized spacial score (nSPS) is 21.3. The molecule has 0 amide bonds. The van der Waals surface area contributed by atoms with E-state index in [9.17, 15) is 5.11 Å². The lowest BCUT2D eigenvalue weighted by Crippen LogP contribution is -2.40. The van der Waals surface area contributed by atoms with Crippen LogP contribution in [0.15, 0.2) is 35.3 Å². The van der Waals surface area contributed by atoms with E-state index in [0.717, 1.165) is 37.0 Å². The second-order valence-corrected chi connectivity index (χ2v) is 6.64. The highest BCUT2D eigenvalue weighted by Gasteiger charge is 2.31. The predicted molar refractivity (Wildman–Crippen MR) is 106 cm³/mol. The van der Waals surface area contributed by atoms with Crippen molar-refractivity contribution in [2.24, 2.45) is 4.99 Å². The van der Waals surface area contributed by atoms with Gasteiger partial charge in [-0.15, -0.1) is 24.0 Å². The number of hydrogen-bond acceptors (Lipinski definition) is 3. The number of hydrogen-bond donors (Lipinski definition) is 2. The first-order valence-corrected chi connectivity index (χ1v) is 8.62. The lowest BCUT2D eigenvalue weighted by molar-refractivity contribution is 0.0776. The van der Waals surface area contributed by atoms with Crippen molar-refractivity contribution in [1.29, 1.82) is 0 Å². The fourth-order valence-corrected chi connectivity index (χ4v) is 3.63. The summed E-state index contributed by atoms with van der Waals surface area (Å²) < 4.78 is 0. The van der Waals surface area contributed by atoms with Crippen LogP contribution in [0.25, 0.3) is 0 Å². The third-order valence-electron chi connectivity index (χ3n) is 3.56. The van der Waals surface area contributed by atoms with Gasteiger partial charge in [0.1, 0.15) is 0 Å². The van der Waals surface area contributed by atoms with E-state index in [2.05, 4.69) is 34.3 Å². The number of rotatable bonds is 5. The summed E-state index contributed by atoms with van der Waals surface area (Å²) in [4.78, 5) is 6.73. The summed E-state index contributed by atoms with van der Waals surface area (Å²) in [5.74, 6) is 2.67. The lowest BCUT2D eigenvalue weighted by atomic mass is 10.0. The van der Waals surface area contributed by atoms with Crippen molar-refractivity contribution >= 4 is 41.7 Å². The number of nitrogens with one attached hydrogen (secondary N) is 1. The molecule has 124 valence electrons. The van der Waals surface area contributed by atoms with Crippen molar-refractivity contribution in [3.05, 3.63) is 35.9 Å². The van der Waals surface area contributed by atoms with Crippen LogP contribution in [0, 0.1) is 0 Å². The fourth-order valence-electron chi connectivity index (χ4n) is 2.35. The van der Waals surface area contributed by atoms with Gasteiger partial charge in [0, 0.05) is 25.9 Å². The minimum Gasteiger partial charge on any atom is -0.387 e. The third-order valence-corrected chi connectivity index (χ3v) is 4.80. The SMILES string of the molecule is CCNC(=NCC1(O)CCSC1)N(C)Cc1ccccc1.I. The Bertz CT molecular complexity index is 464. The highest BCUT2D eigenvalue weighted by atomic mass is 127. The van der Waals surface area contributed by atoms with Crippen LogP contribution in [0.2, 0.25) is 0 Å². The Morgan fingerprint density at radius 1 is 1.41 bits per heavy atom. The van der Waals surface area contributed by atoms with E-state index < -0.39 is 5.60 Å². The summed E-state index contributed by atoms with van der Waals surface area (Å²) in [5.41, 5.74) is 0.625. The molecule has 1 unspecified atom stereocenters. The van der Waals surface area contributed by atoms with Crippen LogP contribution < -0.4 is 5.32 Å². The van der Waals surface area contributed by atoms with Crippen LogP contribution in [-0.4, -0.2) is 53.2 Å². The molecule has 0 aliphatic carbocycles. The zero-order valence-corrected chi connectivity index (χ0v) is 16.4. The molecule has 6 heteroatoms. The van der Waals surface area contributed by atoms with E-state index in [0.29, 0.717) is 6.54 Å². The summed E-state index contributed by atoms with van der Waals surface area (Å²) >= 11 is 1.80. The number of halogens is 1. The van der Waals surface area contributed by atoms with E-state index in [-0.39, 0.29) is 24.0 Å². The van der Waals surface area contributed by atoms with Crippen molar-refractivity contribution in [3.63, 3.8) is 0 Å². The van der Waals surface area contributed by atoms with Crippen molar-refractivity contribution in [1.82, 2.24) is 10.2 Å². The molecule has 1 aliphatic rings. The van der Waals surface area contributed by atoms with Gasteiger partial charge in [-0.3, -0.25) is 4.99 Å². The molecule has 0 aromatic heterocycles. The van der Waals surface area contributed by atoms with Crippen LogP contribution in [0.5, 0.6) is 0 Å². The fraction of sp³-hybridized carbons (Fsp3) is 0.562. The molecule has 0 spiro atoms. The Labute approximate surface area is 154 Å². The first kappa shape index (κ1) is 19.6. The van der Waals surface area contributed by atoms with Gasteiger partial charge in [-0.2, -0.15) is 11.8 Å². The predicted octanol–water partition coefficient (Wildman–Crippen LogP) is 2.57. The first-order chi connectivity index (χ1) is 10.1. The first-order valence-electron chi connectivity index (χ1n) is 7.46. The van der Waals surface area contributed by atoms with Crippen molar-refractivity contribution < 1.29 is 5.11 Å². The molecule has 0 bridgehead atoms. The van der Waals surface area contributed by atoms with Gasteiger partial charge in [0.2, 0.25) is 0 Å². The van der Waals surface area contributed by atoms with Crippen LogP contribution >= 0.6 is 35.7 Å². The second kappa shape index (κ2) is 9.62. The number of aliphatic imine (C=N–C) groups is 1. The molecule has 22 heavy (non-hydrogen) atoms. The summed E-state index contributed by atoms with van der Waals surface area (Å²) in [5, 5.41) is 13.7. The Hall–Kier alpha value is -0.470. The van der Waals surface area contributed by atoms with E-state index in [1.54, 1.807) is 11.8 Å². The van der Waals surface area contributed by atoms with E-state index in [1.807, 2.05) is 25.2 Å². The van der Waals surface area contributed by atoms with Gasteiger partial charge in [-0.25, -0.2) is 0 Å². The van der Waals surface area contributed by atoms with Crippen molar-refractivity contribution in [2.75, 3.05) is 31.6 Å². The quantitative estimate of drug-likeness (QED) is 0.424. The molecule has 0 saturated carbocycles. The maximum atomic E-state index is 10.4. The van der Waals surface area contributed by atoms with Gasteiger partial charge in [0.25, 0.3) is 0 Å². The Morgan fingerprint density at radius 2 is 2.14 bits per heavy atom. The minimum absolute atomic E-state index is 0. The van der Waals surface area contributed by atoms with E-state index >= 15 is 0 Å². The molecule has 4 nitrogen and oxygen atoms in total. The summed E-state index contributed by atoms with van der Waals surface area (Å²) in [6, 6.07) is 10.3. The Kier molecular flexibility index (Phi) is 8.56. The van der Waals surface area contributed by atoms with Gasteiger partial charge in [-0.05, 0) is 24.7 Å². The topological polar surface area (TPSA) is 47.9 Å². The second-order valence-electron chi connectivity index (χ2n) is 5.54. The lowest BCUT2D eigenvalue weighted by Gasteiger charge is -2.24. The molecule has 1 aromatic rings. The Balaban J connectivity index is 0.00000242. The smallest absolute Gasteiger partial charge is 0.194 e. The molecule has 1 aliphatic heterocycles. The molecule has 1 aromatic carbocycles. The molecule has 1 atom stereocenters. The van der Waals surface area contributed by atoms with Gasteiger partial charge in [-0.1, -0.05) is 30.3 Å². The van der Waals surface area contributed by atoms with Gasteiger partial charge < -0.3 is 15.3 Å². The average molecular weight is 435 g/mol. The maximum Gasteiger partial charge on any atom is 0.194 e. The van der Waals surface area contributed by atoms with E-state index in [4.69, 9.17) is 0 Å². The zero-order valence-electron chi connectivity index (χ0n) is 13.3.